The summed E-state index contributed by atoms with van der Waals surface area (Å²) >= 11 is 6.66. The van der Waals surface area contributed by atoms with E-state index in [4.69, 9.17) is 11.6 Å². The lowest BCUT2D eigenvalue weighted by Gasteiger charge is -2.30. The summed E-state index contributed by atoms with van der Waals surface area (Å²) in [6.07, 6.45) is 4.29. The van der Waals surface area contributed by atoms with Gasteiger partial charge in [0.2, 0.25) is 5.91 Å². The molecule has 2 amide bonds. The van der Waals surface area contributed by atoms with Gasteiger partial charge >= 0.3 is 0 Å². The quantitative estimate of drug-likeness (QED) is 0.362. The van der Waals surface area contributed by atoms with Gasteiger partial charge in [-0.15, -0.1) is 0 Å². The number of amides is 2. The van der Waals surface area contributed by atoms with Crippen LogP contribution in [0.25, 0.3) is 0 Å². The predicted molar refractivity (Wildman–Crippen MR) is 163 cm³/mol. The summed E-state index contributed by atoms with van der Waals surface area (Å²) in [7, 11) is 0. The van der Waals surface area contributed by atoms with E-state index in [9.17, 15) is 14.0 Å². The fourth-order valence-electron chi connectivity index (χ4n) is 5.84. The molecule has 2 aliphatic rings. The molecule has 0 aromatic heterocycles. The largest absolute Gasteiger partial charge is 0.372 e. The number of carbonyl (C=O) groups is 2. The van der Waals surface area contributed by atoms with Gasteiger partial charge in [-0.05, 0) is 73.2 Å². The molecule has 6 nitrogen and oxygen atoms in total. The summed E-state index contributed by atoms with van der Waals surface area (Å²) in [5.74, 6) is -0.419. The second kappa shape index (κ2) is 13.5. The highest BCUT2D eigenvalue weighted by atomic mass is 35.5. The maximum atomic E-state index is 14.2. The third kappa shape index (κ3) is 7.27. The molecule has 216 valence electrons. The molecule has 2 aliphatic heterocycles. The minimum atomic E-state index is -0.263. The van der Waals surface area contributed by atoms with Crippen molar-refractivity contribution in [2.75, 3.05) is 49.1 Å². The molecule has 0 N–H and O–H groups in total. The van der Waals surface area contributed by atoms with E-state index in [1.165, 1.54) is 18.6 Å². The van der Waals surface area contributed by atoms with E-state index in [-0.39, 0.29) is 17.6 Å². The summed E-state index contributed by atoms with van der Waals surface area (Å²) in [6.45, 7) is 6.95. The Morgan fingerprint density at radius 1 is 0.829 bits per heavy atom. The van der Waals surface area contributed by atoms with Crippen LogP contribution in [0.4, 0.5) is 15.8 Å². The van der Waals surface area contributed by atoms with E-state index in [2.05, 4.69) is 9.80 Å². The molecule has 0 spiro atoms. The molecular weight excluding hydrogens is 539 g/mol. The number of hydrogen-bond acceptors (Lipinski definition) is 4. The molecule has 41 heavy (non-hydrogen) atoms. The Labute approximate surface area is 247 Å². The molecule has 5 rings (SSSR count). The first kappa shape index (κ1) is 29.1. The zero-order chi connectivity index (χ0) is 28.8. The van der Waals surface area contributed by atoms with Gasteiger partial charge in [0.05, 0.1) is 10.6 Å². The maximum Gasteiger partial charge on any atom is 0.255 e. The Kier molecular flexibility index (Phi) is 9.57. The van der Waals surface area contributed by atoms with Crippen molar-refractivity contribution in [3.8, 4) is 0 Å². The highest BCUT2D eigenvalue weighted by Crippen LogP contribution is 2.29. The van der Waals surface area contributed by atoms with Crippen molar-refractivity contribution < 1.29 is 14.0 Å². The zero-order valence-corrected chi connectivity index (χ0v) is 24.5. The standard InChI is InChI=1S/C33H38ClFN4O2/c1-25(40)39-19-7-16-36(23-26-10-12-28(35)13-11-26)20-21-38(24-27-8-3-4-9-32(27)39)33(41)30-22-29(14-15-31(30)34)37-17-5-2-6-18-37/h3-4,8-15,22H,2,5-7,16-21,23-24H2,1H3. The van der Waals surface area contributed by atoms with Crippen LogP contribution in [0.1, 0.15) is 54.1 Å². The van der Waals surface area contributed by atoms with Crippen molar-refractivity contribution in [1.29, 1.82) is 0 Å². The molecule has 1 fully saturated rings. The van der Waals surface area contributed by atoms with Gasteiger partial charge in [-0.3, -0.25) is 14.5 Å². The van der Waals surface area contributed by atoms with Crippen LogP contribution in [-0.4, -0.2) is 60.9 Å². The molecule has 0 bridgehead atoms. The lowest BCUT2D eigenvalue weighted by Crippen LogP contribution is -2.38. The fourth-order valence-corrected chi connectivity index (χ4v) is 6.04. The van der Waals surface area contributed by atoms with Crippen molar-refractivity contribution in [3.05, 3.63) is 94.3 Å². The highest BCUT2D eigenvalue weighted by molar-refractivity contribution is 6.34. The summed E-state index contributed by atoms with van der Waals surface area (Å²) in [5.41, 5.74) is 4.28. The first-order chi connectivity index (χ1) is 19.9. The van der Waals surface area contributed by atoms with Crippen molar-refractivity contribution in [2.45, 2.75) is 45.7 Å². The van der Waals surface area contributed by atoms with Gasteiger partial charge in [0.25, 0.3) is 5.91 Å². The number of carbonyl (C=O) groups excluding carboxylic acids is 2. The first-order valence-electron chi connectivity index (χ1n) is 14.6. The Morgan fingerprint density at radius 2 is 1.59 bits per heavy atom. The molecule has 0 atom stereocenters. The minimum absolute atomic E-state index is 0.0306. The molecule has 0 radical (unpaired) electrons. The van der Waals surface area contributed by atoms with Crippen LogP contribution in [0.15, 0.2) is 66.7 Å². The number of piperidine rings is 1. The van der Waals surface area contributed by atoms with Gasteiger partial charge in [-0.1, -0.05) is 41.9 Å². The van der Waals surface area contributed by atoms with Crippen LogP contribution >= 0.6 is 11.6 Å². The number of nitrogens with zero attached hydrogens (tertiary/aromatic N) is 4. The summed E-state index contributed by atoms with van der Waals surface area (Å²) in [5, 5.41) is 0.437. The van der Waals surface area contributed by atoms with E-state index in [1.807, 2.05) is 52.3 Å². The Bertz CT molecular complexity index is 1360. The van der Waals surface area contributed by atoms with Crippen LogP contribution in [0.5, 0.6) is 0 Å². The number of rotatable bonds is 4. The Hall–Kier alpha value is -3.42. The molecule has 3 aromatic carbocycles. The number of anilines is 2. The molecular formula is C33H38ClFN4O2. The number of para-hydroxylation sites is 1. The Balaban J connectivity index is 1.47. The SMILES string of the molecule is CC(=O)N1CCCN(Cc2ccc(F)cc2)CCN(C(=O)c2cc(N3CCCCC3)ccc2Cl)Cc2ccccc21. The monoisotopic (exact) mass is 576 g/mol. The van der Waals surface area contributed by atoms with Gasteiger partial charge in [0.1, 0.15) is 5.82 Å². The van der Waals surface area contributed by atoms with Crippen molar-refractivity contribution in [2.24, 2.45) is 0 Å². The first-order valence-corrected chi connectivity index (χ1v) is 14.9. The zero-order valence-electron chi connectivity index (χ0n) is 23.7. The smallest absolute Gasteiger partial charge is 0.255 e. The second-order valence-electron chi connectivity index (χ2n) is 11.0. The molecule has 0 saturated carbocycles. The van der Waals surface area contributed by atoms with Crippen LogP contribution in [0, 0.1) is 5.82 Å². The van der Waals surface area contributed by atoms with E-state index in [0.717, 1.165) is 61.4 Å². The van der Waals surface area contributed by atoms with Gasteiger partial charge in [0, 0.05) is 70.7 Å². The van der Waals surface area contributed by atoms with Crippen LogP contribution < -0.4 is 9.80 Å². The molecule has 2 heterocycles. The lowest BCUT2D eigenvalue weighted by molar-refractivity contribution is -0.116. The summed E-state index contributed by atoms with van der Waals surface area (Å²) in [6, 6.07) is 20.1. The summed E-state index contributed by atoms with van der Waals surface area (Å²) in [4.78, 5) is 35.2. The van der Waals surface area contributed by atoms with Crippen LogP contribution in [0.3, 0.4) is 0 Å². The van der Waals surface area contributed by atoms with Gasteiger partial charge in [-0.25, -0.2) is 4.39 Å². The van der Waals surface area contributed by atoms with Crippen LogP contribution in [-0.2, 0) is 17.9 Å². The van der Waals surface area contributed by atoms with Crippen molar-refractivity contribution in [3.63, 3.8) is 0 Å². The van der Waals surface area contributed by atoms with E-state index in [0.29, 0.717) is 43.3 Å². The molecule has 0 aliphatic carbocycles. The fraction of sp³-hybridized carbons (Fsp3) is 0.394. The van der Waals surface area contributed by atoms with Gasteiger partial charge in [0.15, 0.2) is 0 Å². The average molecular weight is 577 g/mol. The number of halogens is 2. The normalized spacial score (nSPS) is 17.1. The molecule has 0 unspecified atom stereocenters. The van der Waals surface area contributed by atoms with E-state index in [1.54, 1.807) is 19.1 Å². The van der Waals surface area contributed by atoms with E-state index < -0.39 is 0 Å². The number of hydrogen-bond donors (Lipinski definition) is 0. The minimum Gasteiger partial charge on any atom is -0.372 e. The summed E-state index contributed by atoms with van der Waals surface area (Å²) < 4.78 is 13.5. The third-order valence-corrected chi connectivity index (χ3v) is 8.40. The second-order valence-corrected chi connectivity index (χ2v) is 11.4. The third-order valence-electron chi connectivity index (χ3n) is 8.07. The number of benzene rings is 3. The topological polar surface area (TPSA) is 47.1 Å². The maximum absolute atomic E-state index is 14.2. The van der Waals surface area contributed by atoms with Crippen molar-refractivity contribution in [1.82, 2.24) is 9.80 Å². The van der Waals surface area contributed by atoms with Gasteiger partial charge in [-0.2, -0.15) is 0 Å². The molecule has 3 aromatic rings. The van der Waals surface area contributed by atoms with Gasteiger partial charge < -0.3 is 14.7 Å². The Morgan fingerprint density at radius 3 is 2.34 bits per heavy atom. The molecule has 1 saturated heterocycles. The average Bonchev–Trinajstić information content (AvgIpc) is 3.02. The van der Waals surface area contributed by atoms with Crippen molar-refractivity contribution >= 4 is 34.8 Å². The highest BCUT2D eigenvalue weighted by Gasteiger charge is 2.25. The van der Waals surface area contributed by atoms with Crippen LogP contribution in [0.2, 0.25) is 5.02 Å². The van der Waals surface area contributed by atoms with E-state index >= 15 is 0 Å². The molecule has 8 heteroatoms. The number of fused-ring (bicyclic) bond motifs is 1. The predicted octanol–water partition coefficient (Wildman–Crippen LogP) is 6.37. The lowest BCUT2D eigenvalue weighted by atomic mass is 10.1.